The molecule has 1 aromatic rings. The van der Waals surface area contributed by atoms with Gasteiger partial charge in [-0.2, -0.15) is 0 Å². The summed E-state index contributed by atoms with van der Waals surface area (Å²) in [6.45, 7) is 3.01. The standard InChI is InChI=1S/C26H40N6O8/c1-15(28)22(35)30-19(11-12-21(33)34)24(37)31-18(10-6-7-13-27)23(36)32-20(14-17-8-4-3-5-9-17)25(38)29-16(2)26(39)40/h3-5,8-9,15-16,18-20H,6-7,10-14,27-28H2,1-2H3,(H,29,38)(H,30,35)(H,31,37)(H,32,36)(H,33,34)(H,39,40)/t15-,16-,18-,19-,20-/m0/s1. The van der Waals surface area contributed by atoms with Crippen molar-refractivity contribution in [1.29, 1.82) is 0 Å². The summed E-state index contributed by atoms with van der Waals surface area (Å²) in [6, 6.07) is 2.94. The molecule has 0 saturated carbocycles. The van der Waals surface area contributed by atoms with Crippen LogP contribution in [0.15, 0.2) is 30.3 Å². The highest BCUT2D eigenvalue weighted by Gasteiger charge is 2.31. The lowest BCUT2D eigenvalue weighted by Gasteiger charge is -2.26. The summed E-state index contributed by atoms with van der Waals surface area (Å²) in [5.74, 6) is -5.38. The molecule has 0 heterocycles. The summed E-state index contributed by atoms with van der Waals surface area (Å²) in [4.78, 5) is 73.8. The normalized spacial score (nSPS) is 14.5. The minimum Gasteiger partial charge on any atom is -0.481 e. The number of carboxylic acid groups (broad SMARTS) is 2. The Labute approximate surface area is 232 Å². The molecule has 40 heavy (non-hydrogen) atoms. The van der Waals surface area contributed by atoms with E-state index in [1.807, 2.05) is 0 Å². The van der Waals surface area contributed by atoms with Gasteiger partial charge in [0.25, 0.3) is 0 Å². The molecule has 222 valence electrons. The van der Waals surface area contributed by atoms with Gasteiger partial charge in [0.05, 0.1) is 6.04 Å². The van der Waals surface area contributed by atoms with Crippen LogP contribution in [0.1, 0.15) is 51.5 Å². The predicted octanol–water partition coefficient (Wildman–Crippen LogP) is -1.39. The second-order valence-corrected chi connectivity index (χ2v) is 9.45. The summed E-state index contributed by atoms with van der Waals surface area (Å²) < 4.78 is 0. The van der Waals surface area contributed by atoms with Gasteiger partial charge in [-0.15, -0.1) is 0 Å². The molecule has 0 saturated heterocycles. The number of carbonyl (C=O) groups is 6. The number of aliphatic carboxylic acids is 2. The third kappa shape index (κ3) is 12.7. The van der Waals surface area contributed by atoms with Gasteiger partial charge in [-0.05, 0) is 51.6 Å². The van der Waals surface area contributed by atoms with E-state index in [2.05, 4.69) is 21.3 Å². The van der Waals surface area contributed by atoms with E-state index in [-0.39, 0.29) is 19.3 Å². The topological polar surface area (TPSA) is 243 Å². The van der Waals surface area contributed by atoms with Crippen LogP contribution in [0.5, 0.6) is 0 Å². The quantitative estimate of drug-likeness (QED) is 0.0970. The van der Waals surface area contributed by atoms with Gasteiger partial charge in [0.2, 0.25) is 23.6 Å². The fourth-order valence-corrected chi connectivity index (χ4v) is 3.58. The fourth-order valence-electron chi connectivity index (χ4n) is 3.58. The zero-order valence-corrected chi connectivity index (χ0v) is 22.7. The van der Waals surface area contributed by atoms with E-state index in [9.17, 15) is 33.9 Å². The fraction of sp³-hybridized carbons (Fsp3) is 0.538. The molecule has 0 aliphatic rings. The Morgan fingerprint density at radius 2 is 1.27 bits per heavy atom. The number of amides is 4. The molecule has 10 N–H and O–H groups in total. The molecule has 1 rings (SSSR count). The van der Waals surface area contributed by atoms with Crippen molar-refractivity contribution in [3.63, 3.8) is 0 Å². The average Bonchev–Trinajstić information content (AvgIpc) is 2.90. The van der Waals surface area contributed by atoms with Gasteiger partial charge >= 0.3 is 11.9 Å². The number of rotatable bonds is 18. The molecule has 14 nitrogen and oxygen atoms in total. The molecule has 0 radical (unpaired) electrons. The van der Waals surface area contributed by atoms with Crippen molar-refractivity contribution < 1.29 is 39.0 Å². The molecule has 14 heteroatoms. The highest BCUT2D eigenvalue weighted by atomic mass is 16.4. The summed E-state index contributed by atoms with van der Waals surface area (Å²) in [5.41, 5.74) is 11.8. The SMILES string of the molecule is C[C@H](N)C(=O)N[C@@H](CCC(=O)O)C(=O)N[C@@H](CCCCN)C(=O)N[C@@H](Cc1ccccc1)C(=O)N[C@@H](C)C(=O)O. The van der Waals surface area contributed by atoms with Crippen molar-refractivity contribution in [1.82, 2.24) is 21.3 Å². The summed E-state index contributed by atoms with van der Waals surface area (Å²) in [7, 11) is 0. The largest absolute Gasteiger partial charge is 0.481 e. The molecule has 0 bridgehead atoms. The number of unbranched alkanes of at least 4 members (excludes halogenated alkanes) is 1. The first-order valence-electron chi connectivity index (χ1n) is 13.0. The van der Waals surface area contributed by atoms with Gasteiger partial charge in [0, 0.05) is 12.8 Å². The lowest BCUT2D eigenvalue weighted by Crippen LogP contribution is -2.58. The van der Waals surface area contributed by atoms with Gasteiger partial charge in [0.15, 0.2) is 0 Å². The molecular weight excluding hydrogens is 524 g/mol. The van der Waals surface area contributed by atoms with Gasteiger partial charge in [-0.25, -0.2) is 0 Å². The minimum absolute atomic E-state index is 0.0416. The third-order valence-electron chi connectivity index (χ3n) is 5.92. The Morgan fingerprint density at radius 1 is 0.750 bits per heavy atom. The van der Waals surface area contributed by atoms with Gasteiger partial charge in [0.1, 0.15) is 24.2 Å². The van der Waals surface area contributed by atoms with Gasteiger partial charge < -0.3 is 42.9 Å². The van der Waals surface area contributed by atoms with Gasteiger partial charge in [-0.3, -0.25) is 28.8 Å². The zero-order chi connectivity index (χ0) is 30.2. The van der Waals surface area contributed by atoms with Crippen LogP contribution in [0, 0.1) is 0 Å². The number of nitrogens with two attached hydrogens (primary N) is 2. The van der Waals surface area contributed by atoms with Crippen LogP contribution >= 0.6 is 0 Å². The van der Waals surface area contributed by atoms with E-state index in [1.54, 1.807) is 30.3 Å². The summed E-state index contributed by atoms with van der Waals surface area (Å²) in [5, 5.41) is 28.1. The Balaban J connectivity index is 3.17. The van der Waals surface area contributed by atoms with E-state index < -0.39 is 72.2 Å². The van der Waals surface area contributed by atoms with Gasteiger partial charge in [-0.1, -0.05) is 30.3 Å². The predicted molar refractivity (Wildman–Crippen MR) is 145 cm³/mol. The van der Waals surface area contributed by atoms with Crippen molar-refractivity contribution in [3.8, 4) is 0 Å². The molecule has 0 aliphatic heterocycles. The molecule has 0 unspecified atom stereocenters. The molecular formula is C26H40N6O8. The molecule has 0 aromatic heterocycles. The van der Waals surface area contributed by atoms with Crippen LogP contribution in [0.25, 0.3) is 0 Å². The minimum atomic E-state index is -1.28. The molecule has 1 aromatic carbocycles. The number of benzene rings is 1. The molecule has 4 amide bonds. The number of carboxylic acids is 2. The van der Waals surface area contributed by atoms with E-state index in [1.165, 1.54) is 13.8 Å². The maximum Gasteiger partial charge on any atom is 0.325 e. The van der Waals surface area contributed by atoms with Crippen molar-refractivity contribution in [2.24, 2.45) is 11.5 Å². The van der Waals surface area contributed by atoms with Crippen LogP contribution in [0.2, 0.25) is 0 Å². The number of carbonyl (C=O) groups excluding carboxylic acids is 4. The lowest BCUT2D eigenvalue weighted by molar-refractivity contribution is -0.142. The molecule has 0 aliphatic carbocycles. The Morgan fingerprint density at radius 3 is 1.80 bits per heavy atom. The second kappa shape index (κ2) is 17.5. The number of hydrogen-bond acceptors (Lipinski definition) is 8. The maximum atomic E-state index is 13.4. The van der Waals surface area contributed by atoms with E-state index in [0.29, 0.717) is 24.9 Å². The summed E-state index contributed by atoms with van der Waals surface area (Å²) in [6.07, 6.45) is 0.470. The van der Waals surface area contributed by atoms with Crippen LogP contribution in [-0.2, 0) is 35.2 Å². The number of hydrogen-bond donors (Lipinski definition) is 8. The second-order valence-electron chi connectivity index (χ2n) is 9.45. The van der Waals surface area contributed by atoms with Crippen LogP contribution in [0.3, 0.4) is 0 Å². The van der Waals surface area contributed by atoms with Crippen molar-refractivity contribution in [2.75, 3.05) is 6.54 Å². The maximum absolute atomic E-state index is 13.4. The third-order valence-corrected chi connectivity index (χ3v) is 5.92. The first-order chi connectivity index (χ1) is 18.8. The summed E-state index contributed by atoms with van der Waals surface area (Å²) >= 11 is 0. The van der Waals surface area contributed by atoms with Crippen LogP contribution in [-0.4, -0.2) is 82.5 Å². The molecule has 0 spiro atoms. The molecule has 0 fully saturated rings. The van der Waals surface area contributed by atoms with Crippen LogP contribution < -0.4 is 32.7 Å². The Kier molecular flexibility index (Phi) is 14.9. The van der Waals surface area contributed by atoms with Crippen molar-refractivity contribution in [2.45, 2.75) is 82.6 Å². The highest BCUT2D eigenvalue weighted by Crippen LogP contribution is 2.08. The van der Waals surface area contributed by atoms with E-state index in [4.69, 9.17) is 16.6 Å². The Bertz CT molecular complexity index is 1020. The van der Waals surface area contributed by atoms with E-state index in [0.717, 1.165) is 0 Å². The lowest BCUT2D eigenvalue weighted by atomic mass is 10.0. The first-order valence-corrected chi connectivity index (χ1v) is 13.0. The highest BCUT2D eigenvalue weighted by molar-refractivity contribution is 5.95. The van der Waals surface area contributed by atoms with Crippen LogP contribution in [0.4, 0.5) is 0 Å². The zero-order valence-electron chi connectivity index (χ0n) is 22.7. The van der Waals surface area contributed by atoms with E-state index >= 15 is 0 Å². The van der Waals surface area contributed by atoms with Crippen molar-refractivity contribution in [3.05, 3.63) is 35.9 Å². The molecule has 5 atom stereocenters. The number of nitrogens with one attached hydrogen (secondary N) is 4. The first kappa shape index (κ1) is 34.0. The monoisotopic (exact) mass is 564 g/mol. The Hall–Kier alpha value is -4.04. The smallest absolute Gasteiger partial charge is 0.325 e. The average molecular weight is 565 g/mol. The van der Waals surface area contributed by atoms with Crippen molar-refractivity contribution >= 4 is 35.6 Å².